The summed E-state index contributed by atoms with van der Waals surface area (Å²) in [4.78, 5) is 12.8. The largest absolute Gasteiger partial charge is 0.486 e. The van der Waals surface area contributed by atoms with Gasteiger partial charge in [0.05, 0.1) is 0 Å². The van der Waals surface area contributed by atoms with Crippen LogP contribution in [0.4, 0.5) is 0 Å². The first-order chi connectivity index (χ1) is 9.17. The summed E-state index contributed by atoms with van der Waals surface area (Å²) in [6.07, 6.45) is 0.654. The second-order valence-electron chi connectivity index (χ2n) is 4.36. The van der Waals surface area contributed by atoms with Crippen LogP contribution in [0, 0.1) is 13.8 Å². The van der Waals surface area contributed by atoms with Crippen LogP contribution >= 0.6 is 0 Å². The lowest BCUT2D eigenvalue weighted by molar-refractivity contribution is 0.294. The van der Waals surface area contributed by atoms with Gasteiger partial charge in [0.15, 0.2) is 5.82 Å². The van der Waals surface area contributed by atoms with Gasteiger partial charge in [-0.3, -0.25) is 0 Å². The fraction of sp³-hybridized carbons (Fsp3) is 0.357. The highest BCUT2D eigenvalue weighted by Crippen LogP contribution is 2.12. The van der Waals surface area contributed by atoms with E-state index in [1.165, 1.54) is 5.56 Å². The van der Waals surface area contributed by atoms with Gasteiger partial charge in [-0.1, -0.05) is 17.7 Å². The third-order valence-electron chi connectivity index (χ3n) is 2.60. The molecule has 0 fully saturated rings. The maximum atomic E-state index is 5.65. The van der Waals surface area contributed by atoms with Gasteiger partial charge in [0.25, 0.3) is 0 Å². The molecular formula is C14H18N4O. The number of aryl methyl sites for hydroxylation is 2. The maximum Gasteiger partial charge on any atom is 0.169 e. The first kappa shape index (κ1) is 13.4. The van der Waals surface area contributed by atoms with Crippen molar-refractivity contribution >= 4 is 0 Å². The van der Waals surface area contributed by atoms with Gasteiger partial charge in [0, 0.05) is 6.42 Å². The molecular weight excluding hydrogens is 240 g/mol. The van der Waals surface area contributed by atoms with Crippen LogP contribution in [-0.2, 0) is 13.0 Å². The van der Waals surface area contributed by atoms with Crippen LogP contribution in [0.5, 0.6) is 5.75 Å². The number of nitrogens with zero attached hydrogens (tertiary/aromatic N) is 3. The van der Waals surface area contributed by atoms with E-state index in [1.54, 1.807) is 0 Å². The predicted molar refractivity (Wildman–Crippen MR) is 72.8 cm³/mol. The Kier molecular flexibility index (Phi) is 4.41. The van der Waals surface area contributed by atoms with Crippen molar-refractivity contribution in [2.24, 2.45) is 5.73 Å². The highest BCUT2D eigenvalue weighted by molar-refractivity contribution is 5.26. The normalized spacial score (nSPS) is 10.5. The molecule has 0 saturated heterocycles. The van der Waals surface area contributed by atoms with Crippen molar-refractivity contribution in [1.29, 1.82) is 0 Å². The van der Waals surface area contributed by atoms with Gasteiger partial charge < -0.3 is 10.5 Å². The second kappa shape index (κ2) is 6.24. The predicted octanol–water partition coefficient (Wildman–Crippen LogP) is 1.57. The molecule has 0 aliphatic heterocycles. The van der Waals surface area contributed by atoms with Gasteiger partial charge >= 0.3 is 0 Å². The zero-order chi connectivity index (χ0) is 13.7. The summed E-state index contributed by atoms with van der Waals surface area (Å²) in [5.74, 6) is 2.86. The van der Waals surface area contributed by atoms with Gasteiger partial charge in [-0.25, -0.2) is 15.0 Å². The topological polar surface area (TPSA) is 73.9 Å². The third-order valence-corrected chi connectivity index (χ3v) is 2.60. The molecule has 1 heterocycles. The lowest BCUT2D eigenvalue weighted by Gasteiger charge is -2.07. The number of ether oxygens (including phenoxy) is 1. The molecule has 1 aromatic carbocycles. The Labute approximate surface area is 112 Å². The molecule has 0 aliphatic rings. The average Bonchev–Trinajstić information content (AvgIpc) is 2.38. The molecule has 0 bridgehead atoms. The van der Waals surface area contributed by atoms with Crippen molar-refractivity contribution in [2.45, 2.75) is 26.9 Å². The first-order valence-corrected chi connectivity index (χ1v) is 6.27. The number of nitrogens with two attached hydrogens (primary N) is 1. The van der Waals surface area contributed by atoms with Crippen LogP contribution in [-0.4, -0.2) is 21.5 Å². The zero-order valence-corrected chi connectivity index (χ0v) is 11.3. The minimum Gasteiger partial charge on any atom is -0.486 e. The van der Waals surface area contributed by atoms with E-state index in [0.29, 0.717) is 31.2 Å². The minimum absolute atomic E-state index is 0.337. The summed E-state index contributed by atoms with van der Waals surface area (Å²) >= 11 is 0. The van der Waals surface area contributed by atoms with Crippen molar-refractivity contribution in [3.05, 3.63) is 47.3 Å². The first-order valence-electron chi connectivity index (χ1n) is 6.27. The van der Waals surface area contributed by atoms with Crippen LogP contribution < -0.4 is 10.5 Å². The van der Waals surface area contributed by atoms with Crippen molar-refractivity contribution in [3.63, 3.8) is 0 Å². The lowest BCUT2D eigenvalue weighted by atomic mass is 10.2. The quantitative estimate of drug-likeness (QED) is 0.881. The number of hydrogen-bond donors (Lipinski definition) is 1. The Hall–Kier alpha value is -2.01. The molecule has 0 amide bonds. The second-order valence-corrected chi connectivity index (χ2v) is 4.36. The molecule has 0 aliphatic carbocycles. The summed E-state index contributed by atoms with van der Waals surface area (Å²) in [6.45, 7) is 4.75. The highest BCUT2D eigenvalue weighted by atomic mass is 16.5. The smallest absolute Gasteiger partial charge is 0.169 e. The van der Waals surface area contributed by atoms with Gasteiger partial charge in [-0.2, -0.15) is 0 Å². The molecule has 0 atom stereocenters. The van der Waals surface area contributed by atoms with Gasteiger partial charge in [-0.05, 0) is 32.5 Å². The molecule has 5 nitrogen and oxygen atoms in total. The Morgan fingerprint density at radius 2 is 1.68 bits per heavy atom. The van der Waals surface area contributed by atoms with Gasteiger partial charge in [-0.15, -0.1) is 0 Å². The van der Waals surface area contributed by atoms with E-state index >= 15 is 0 Å². The van der Waals surface area contributed by atoms with Crippen LogP contribution in [0.3, 0.4) is 0 Å². The van der Waals surface area contributed by atoms with Crippen molar-refractivity contribution < 1.29 is 4.74 Å². The van der Waals surface area contributed by atoms with E-state index in [9.17, 15) is 0 Å². The van der Waals surface area contributed by atoms with Crippen LogP contribution in [0.1, 0.15) is 23.0 Å². The number of aromatic nitrogens is 3. The third kappa shape index (κ3) is 3.99. The van der Waals surface area contributed by atoms with E-state index in [-0.39, 0.29) is 0 Å². The number of rotatable bonds is 5. The monoisotopic (exact) mass is 258 g/mol. The molecule has 2 rings (SSSR count). The minimum atomic E-state index is 0.337. The summed E-state index contributed by atoms with van der Waals surface area (Å²) in [7, 11) is 0. The molecule has 2 aromatic rings. The van der Waals surface area contributed by atoms with E-state index in [4.69, 9.17) is 10.5 Å². The molecule has 0 spiro atoms. The lowest BCUT2D eigenvalue weighted by Crippen LogP contribution is -2.12. The van der Waals surface area contributed by atoms with E-state index in [0.717, 1.165) is 11.6 Å². The van der Waals surface area contributed by atoms with Crippen molar-refractivity contribution in [1.82, 2.24) is 15.0 Å². The highest BCUT2D eigenvalue weighted by Gasteiger charge is 2.04. The molecule has 2 N–H and O–H groups in total. The zero-order valence-electron chi connectivity index (χ0n) is 11.3. The average molecular weight is 258 g/mol. The van der Waals surface area contributed by atoms with Gasteiger partial charge in [0.1, 0.15) is 24.0 Å². The maximum absolute atomic E-state index is 5.65. The number of hydrogen-bond acceptors (Lipinski definition) is 5. The molecule has 0 saturated carbocycles. The fourth-order valence-electron chi connectivity index (χ4n) is 1.69. The number of benzene rings is 1. The molecule has 19 heavy (non-hydrogen) atoms. The van der Waals surface area contributed by atoms with Crippen molar-refractivity contribution in [2.75, 3.05) is 6.54 Å². The fourth-order valence-corrected chi connectivity index (χ4v) is 1.69. The van der Waals surface area contributed by atoms with Gasteiger partial charge in [0.2, 0.25) is 0 Å². The summed E-state index contributed by atoms with van der Waals surface area (Å²) in [6, 6.07) is 7.88. The van der Waals surface area contributed by atoms with Crippen LogP contribution in [0.15, 0.2) is 24.3 Å². The standard InChI is InChI=1S/C14H18N4O/c1-10-3-5-12(6-4-10)19-9-14-17-11(2)16-13(18-14)7-8-15/h3-6H,7-9,15H2,1-2H3. The molecule has 100 valence electrons. The Bertz CT molecular complexity index is 540. The summed E-state index contributed by atoms with van der Waals surface area (Å²) in [5.41, 5.74) is 6.71. The Balaban J connectivity index is 2.04. The van der Waals surface area contributed by atoms with E-state index in [2.05, 4.69) is 15.0 Å². The van der Waals surface area contributed by atoms with Crippen molar-refractivity contribution in [3.8, 4) is 5.75 Å². The summed E-state index contributed by atoms with van der Waals surface area (Å²) in [5, 5.41) is 0. The van der Waals surface area contributed by atoms with Crippen LogP contribution in [0.25, 0.3) is 0 Å². The van der Waals surface area contributed by atoms with E-state index in [1.807, 2.05) is 38.1 Å². The SMILES string of the molecule is Cc1ccc(OCc2nc(C)nc(CCN)n2)cc1. The molecule has 1 aromatic heterocycles. The molecule has 0 radical (unpaired) electrons. The molecule has 0 unspecified atom stereocenters. The molecule has 5 heteroatoms. The Morgan fingerprint density at radius 3 is 2.37 bits per heavy atom. The summed E-state index contributed by atoms with van der Waals surface area (Å²) < 4.78 is 5.65. The Morgan fingerprint density at radius 1 is 1.00 bits per heavy atom. The van der Waals surface area contributed by atoms with E-state index < -0.39 is 0 Å². The van der Waals surface area contributed by atoms with Crippen LogP contribution in [0.2, 0.25) is 0 Å².